The smallest absolute Gasteiger partial charge is 0.744 e. The Labute approximate surface area is 258 Å². The second-order valence-corrected chi connectivity index (χ2v) is 11.4. The van der Waals surface area contributed by atoms with Gasteiger partial charge in [-0.25, -0.2) is 8.42 Å². The molecule has 2 rings (SSSR count). The van der Waals surface area contributed by atoms with Crippen molar-refractivity contribution in [3.63, 3.8) is 0 Å². The molecule has 0 fully saturated rings. The fourth-order valence-electron chi connectivity index (χ4n) is 5.01. The van der Waals surface area contributed by atoms with Crippen LogP contribution in [0.1, 0.15) is 128 Å². The fourth-order valence-corrected chi connectivity index (χ4v) is 5.76. The van der Waals surface area contributed by atoms with Crippen LogP contribution < -0.4 is 51.4 Å². The zero-order valence-corrected chi connectivity index (χ0v) is 26.7. The average molecular weight is 527 g/mol. The van der Waals surface area contributed by atoms with Crippen molar-refractivity contribution in [2.45, 2.75) is 134 Å². The van der Waals surface area contributed by atoms with Gasteiger partial charge in [-0.3, -0.25) is 0 Å². The van der Waals surface area contributed by atoms with Gasteiger partial charge >= 0.3 is 51.4 Å². The molecular weight excluding hydrogens is 479 g/mol. The fraction of sp³-hybridized carbons (Fsp3) is 0.667. The summed E-state index contributed by atoms with van der Waals surface area (Å²) in [4.78, 5) is -0.0572. The maximum absolute atomic E-state index is 12.0. The molecule has 0 unspecified atom stereocenters. The van der Waals surface area contributed by atoms with Gasteiger partial charge in [-0.05, 0) is 48.3 Å². The molecule has 0 aliphatic carbocycles. The summed E-state index contributed by atoms with van der Waals surface area (Å²) in [5, 5.41) is 1.55. The molecule has 0 saturated carbocycles. The van der Waals surface area contributed by atoms with Crippen LogP contribution in [0.4, 0.5) is 0 Å². The first-order valence-electron chi connectivity index (χ1n) is 14.0. The van der Waals surface area contributed by atoms with Crippen molar-refractivity contribution >= 4 is 20.9 Å². The molecule has 0 radical (unpaired) electrons. The minimum Gasteiger partial charge on any atom is -0.744 e. The molecule has 3 nitrogen and oxygen atoms in total. The molecule has 0 aliphatic rings. The average Bonchev–Trinajstić information content (AvgIpc) is 2.81. The SMILES string of the molecule is CCCCCCCCCCc1cc(CCCCCCCCCC)c2c(S(=O)(=O)[O-])cccc2c1.[K+]. The van der Waals surface area contributed by atoms with E-state index in [-0.39, 0.29) is 56.3 Å². The van der Waals surface area contributed by atoms with E-state index in [1.54, 1.807) is 6.07 Å². The Bertz CT molecular complexity index is 940. The third kappa shape index (κ3) is 13.0. The Kier molecular flexibility index (Phi) is 18.4. The van der Waals surface area contributed by atoms with Crippen LogP contribution in [-0.2, 0) is 23.0 Å². The van der Waals surface area contributed by atoms with Crippen LogP contribution in [0.15, 0.2) is 35.2 Å². The summed E-state index contributed by atoms with van der Waals surface area (Å²) >= 11 is 0. The molecule has 0 aromatic heterocycles. The van der Waals surface area contributed by atoms with Crippen LogP contribution >= 0.6 is 0 Å². The first-order valence-corrected chi connectivity index (χ1v) is 15.4. The Morgan fingerprint density at radius 1 is 0.657 bits per heavy atom. The predicted molar refractivity (Wildman–Crippen MR) is 145 cm³/mol. The third-order valence-corrected chi connectivity index (χ3v) is 7.85. The molecule has 35 heavy (non-hydrogen) atoms. The maximum Gasteiger partial charge on any atom is 1.00 e. The monoisotopic (exact) mass is 526 g/mol. The minimum atomic E-state index is -4.50. The second-order valence-electron chi connectivity index (χ2n) is 10.0. The van der Waals surface area contributed by atoms with Crippen LogP contribution in [0.25, 0.3) is 10.8 Å². The predicted octanol–water partition coefficient (Wildman–Crippen LogP) is 6.11. The topological polar surface area (TPSA) is 57.2 Å². The van der Waals surface area contributed by atoms with E-state index >= 15 is 0 Å². The van der Waals surface area contributed by atoms with Crippen molar-refractivity contribution in [1.29, 1.82) is 0 Å². The van der Waals surface area contributed by atoms with Gasteiger partial charge in [0.2, 0.25) is 0 Å². The molecule has 0 N–H and O–H groups in total. The number of unbranched alkanes of at least 4 members (excludes halogenated alkanes) is 14. The van der Waals surface area contributed by atoms with E-state index in [1.165, 1.54) is 95.1 Å². The summed E-state index contributed by atoms with van der Waals surface area (Å²) in [5.74, 6) is 0. The number of fused-ring (bicyclic) bond motifs is 1. The van der Waals surface area contributed by atoms with Gasteiger partial charge < -0.3 is 4.55 Å². The van der Waals surface area contributed by atoms with Gasteiger partial charge in [-0.15, -0.1) is 0 Å². The van der Waals surface area contributed by atoms with E-state index in [1.807, 2.05) is 6.07 Å². The number of aryl methyl sites for hydroxylation is 2. The maximum atomic E-state index is 12.0. The van der Waals surface area contributed by atoms with E-state index in [2.05, 4.69) is 26.0 Å². The molecule has 0 saturated heterocycles. The van der Waals surface area contributed by atoms with E-state index in [0.717, 1.165) is 43.1 Å². The summed E-state index contributed by atoms with van der Waals surface area (Å²) in [7, 11) is -4.50. The van der Waals surface area contributed by atoms with Gasteiger partial charge in [0.25, 0.3) is 0 Å². The summed E-state index contributed by atoms with van der Waals surface area (Å²) in [6, 6.07) is 9.41. The molecule has 0 heterocycles. The van der Waals surface area contributed by atoms with Crippen molar-refractivity contribution < 1.29 is 64.4 Å². The summed E-state index contributed by atoms with van der Waals surface area (Å²) in [6.07, 6.45) is 22.1. The molecule has 5 heteroatoms. The zero-order chi connectivity index (χ0) is 24.7. The number of hydrogen-bond acceptors (Lipinski definition) is 3. The van der Waals surface area contributed by atoms with Gasteiger partial charge in [0.1, 0.15) is 10.1 Å². The standard InChI is InChI=1S/C30H48O3S.K/c1-3-5-7-9-11-13-15-17-20-26-24-27(21-18-16-14-12-10-8-6-4-2)30-28(25-26)22-19-23-29(30)34(31,32)33;/h19,22-25H,3-18,20-21H2,1-2H3,(H,31,32,33);/q;+1/p-1. The minimum absolute atomic E-state index is 0. The molecule has 0 amide bonds. The number of hydrogen-bond donors (Lipinski definition) is 0. The van der Waals surface area contributed by atoms with Gasteiger partial charge in [0, 0.05) is 5.39 Å². The summed E-state index contributed by atoms with van der Waals surface area (Å²) < 4.78 is 35.9. The zero-order valence-electron chi connectivity index (χ0n) is 22.7. The van der Waals surface area contributed by atoms with Gasteiger partial charge in [-0.2, -0.15) is 0 Å². The Morgan fingerprint density at radius 2 is 1.14 bits per heavy atom. The van der Waals surface area contributed by atoms with Crippen molar-refractivity contribution in [2.24, 2.45) is 0 Å². The second kappa shape index (κ2) is 19.3. The molecule has 0 atom stereocenters. The Balaban J connectivity index is 0.00000612. The quantitative estimate of drug-likeness (QED) is 0.126. The molecule has 0 spiro atoms. The van der Waals surface area contributed by atoms with E-state index in [9.17, 15) is 13.0 Å². The van der Waals surface area contributed by atoms with Crippen LogP contribution in [-0.4, -0.2) is 13.0 Å². The normalized spacial score (nSPS) is 11.6. The number of benzene rings is 2. The van der Waals surface area contributed by atoms with Crippen LogP contribution in [0.2, 0.25) is 0 Å². The van der Waals surface area contributed by atoms with E-state index in [0.29, 0.717) is 5.39 Å². The Morgan fingerprint density at radius 3 is 1.66 bits per heavy atom. The van der Waals surface area contributed by atoms with Gasteiger partial charge in [-0.1, -0.05) is 128 Å². The summed E-state index contributed by atoms with van der Waals surface area (Å²) in [6.45, 7) is 4.49. The van der Waals surface area contributed by atoms with Crippen molar-refractivity contribution in [3.8, 4) is 0 Å². The molecular formula is C30H47KO3S. The van der Waals surface area contributed by atoms with Crippen molar-refractivity contribution in [2.75, 3.05) is 0 Å². The van der Waals surface area contributed by atoms with Gasteiger partial charge in [0.15, 0.2) is 0 Å². The molecule has 0 aliphatic heterocycles. The van der Waals surface area contributed by atoms with Gasteiger partial charge in [0.05, 0.1) is 4.90 Å². The van der Waals surface area contributed by atoms with Crippen LogP contribution in [0, 0.1) is 0 Å². The molecule has 0 bridgehead atoms. The first kappa shape index (κ1) is 33.3. The summed E-state index contributed by atoms with van der Waals surface area (Å²) in [5.41, 5.74) is 2.31. The number of rotatable bonds is 19. The largest absolute Gasteiger partial charge is 1.00 e. The van der Waals surface area contributed by atoms with E-state index in [4.69, 9.17) is 0 Å². The van der Waals surface area contributed by atoms with Crippen LogP contribution in [0.3, 0.4) is 0 Å². The molecule has 2 aromatic rings. The Hall–Kier alpha value is 0.246. The van der Waals surface area contributed by atoms with E-state index < -0.39 is 10.1 Å². The van der Waals surface area contributed by atoms with Crippen molar-refractivity contribution in [1.82, 2.24) is 0 Å². The molecule has 192 valence electrons. The first-order chi connectivity index (χ1) is 16.5. The van der Waals surface area contributed by atoms with Crippen LogP contribution in [0.5, 0.6) is 0 Å². The third-order valence-electron chi connectivity index (χ3n) is 6.97. The van der Waals surface area contributed by atoms with Crippen molar-refractivity contribution in [3.05, 3.63) is 41.5 Å². The molecule has 2 aromatic carbocycles.